The number of benzene rings is 1. The Kier molecular flexibility index (Phi) is 5.47. The van der Waals surface area contributed by atoms with Crippen molar-refractivity contribution >= 4 is 29.4 Å². The molecule has 21 heavy (non-hydrogen) atoms. The summed E-state index contributed by atoms with van der Waals surface area (Å²) >= 11 is 12.1. The van der Waals surface area contributed by atoms with Gasteiger partial charge in [0.25, 0.3) is 0 Å². The molecule has 0 saturated carbocycles. The maximum absolute atomic E-state index is 11.6. The lowest BCUT2D eigenvalue weighted by atomic mass is 10.1. The van der Waals surface area contributed by atoms with E-state index in [4.69, 9.17) is 32.7 Å². The number of halogens is 2. The molecule has 1 heterocycles. The Morgan fingerprint density at radius 2 is 2.24 bits per heavy atom. The standard InChI is InChI=1S/C14H14Cl2N2O3/c1-2-20-14(19)21-13(8-18-6-5-17-9-18)11-4-3-10(15)7-12(11)16/h3-7,9,13H,2,8H2,1H3. The predicted octanol–water partition coefficient (Wildman–Crippen LogP) is 4.10. The van der Waals surface area contributed by atoms with E-state index in [1.54, 1.807) is 48.4 Å². The van der Waals surface area contributed by atoms with Crippen molar-refractivity contribution in [3.05, 3.63) is 52.5 Å². The second kappa shape index (κ2) is 7.33. The van der Waals surface area contributed by atoms with Crippen molar-refractivity contribution in [3.8, 4) is 0 Å². The molecule has 0 fully saturated rings. The summed E-state index contributed by atoms with van der Waals surface area (Å²) in [4.78, 5) is 15.6. The number of carbonyl (C=O) groups is 1. The molecule has 0 saturated heterocycles. The van der Waals surface area contributed by atoms with Gasteiger partial charge in [0.2, 0.25) is 0 Å². The van der Waals surface area contributed by atoms with Gasteiger partial charge in [-0.3, -0.25) is 0 Å². The number of nitrogens with zero attached hydrogens (tertiary/aromatic N) is 2. The molecule has 0 aliphatic carbocycles. The fraction of sp³-hybridized carbons (Fsp3) is 0.286. The van der Waals surface area contributed by atoms with E-state index in [-0.39, 0.29) is 6.61 Å². The summed E-state index contributed by atoms with van der Waals surface area (Å²) in [7, 11) is 0. The Balaban J connectivity index is 2.23. The van der Waals surface area contributed by atoms with Gasteiger partial charge in [-0.2, -0.15) is 0 Å². The van der Waals surface area contributed by atoms with Crippen molar-refractivity contribution in [3.63, 3.8) is 0 Å². The smallest absolute Gasteiger partial charge is 0.435 e. The van der Waals surface area contributed by atoms with Gasteiger partial charge in [-0.15, -0.1) is 0 Å². The summed E-state index contributed by atoms with van der Waals surface area (Å²) in [6.07, 6.45) is 3.71. The number of imidazole rings is 1. The van der Waals surface area contributed by atoms with Crippen molar-refractivity contribution < 1.29 is 14.3 Å². The zero-order chi connectivity index (χ0) is 15.2. The SMILES string of the molecule is CCOC(=O)OC(Cn1ccnc1)c1ccc(Cl)cc1Cl. The summed E-state index contributed by atoms with van der Waals surface area (Å²) in [5.41, 5.74) is 0.655. The minimum Gasteiger partial charge on any atom is -0.435 e. The van der Waals surface area contributed by atoms with Crippen LogP contribution in [0.4, 0.5) is 4.79 Å². The van der Waals surface area contributed by atoms with Gasteiger partial charge >= 0.3 is 6.16 Å². The zero-order valence-electron chi connectivity index (χ0n) is 11.3. The van der Waals surface area contributed by atoms with E-state index in [1.807, 2.05) is 0 Å². The molecular weight excluding hydrogens is 315 g/mol. The Morgan fingerprint density at radius 1 is 1.43 bits per heavy atom. The molecule has 1 aromatic heterocycles. The van der Waals surface area contributed by atoms with Gasteiger partial charge in [0.05, 0.1) is 19.5 Å². The van der Waals surface area contributed by atoms with Gasteiger partial charge in [0.1, 0.15) is 6.10 Å². The van der Waals surface area contributed by atoms with Crippen LogP contribution in [-0.4, -0.2) is 22.3 Å². The van der Waals surface area contributed by atoms with Gasteiger partial charge in [-0.25, -0.2) is 9.78 Å². The molecule has 0 radical (unpaired) electrons. The lowest BCUT2D eigenvalue weighted by Crippen LogP contribution is -2.17. The Hall–Kier alpha value is -1.72. The normalized spacial score (nSPS) is 12.0. The van der Waals surface area contributed by atoms with Crippen LogP contribution in [0.3, 0.4) is 0 Å². The van der Waals surface area contributed by atoms with Crippen LogP contribution >= 0.6 is 23.2 Å². The van der Waals surface area contributed by atoms with E-state index in [0.717, 1.165) is 0 Å². The molecule has 0 aliphatic heterocycles. The molecule has 2 aromatic rings. The first-order chi connectivity index (χ1) is 10.1. The third-order valence-corrected chi connectivity index (χ3v) is 3.31. The Labute approximate surface area is 132 Å². The summed E-state index contributed by atoms with van der Waals surface area (Å²) in [6, 6.07) is 5.03. The average Bonchev–Trinajstić information content (AvgIpc) is 2.91. The summed E-state index contributed by atoms with van der Waals surface area (Å²) in [5, 5.41) is 0.943. The molecule has 0 bridgehead atoms. The molecular formula is C14H14Cl2N2O3. The monoisotopic (exact) mass is 328 g/mol. The van der Waals surface area contributed by atoms with Crippen LogP contribution in [0.1, 0.15) is 18.6 Å². The van der Waals surface area contributed by atoms with Gasteiger partial charge in [0, 0.05) is 28.0 Å². The van der Waals surface area contributed by atoms with Crippen molar-refractivity contribution in [1.29, 1.82) is 0 Å². The predicted molar refractivity (Wildman–Crippen MR) is 79.5 cm³/mol. The van der Waals surface area contributed by atoms with Gasteiger partial charge < -0.3 is 14.0 Å². The van der Waals surface area contributed by atoms with E-state index >= 15 is 0 Å². The van der Waals surface area contributed by atoms with Crippen LogP contribution in [0.25, 0.3) is 0 Å². The van der Waals surface area contributed by atoms with Crippen molar-refractivity contribution in [2.24, 2.45) is 0 Å². The van der Waals surface area contributed by atoms with E-state index in [1.165, 1.54) is 0 Å². The Morgan fingerprint density at radius 3 is 2.86 bits per heavy atom. The number of rotatable bonds is 5. The Bertz CT molecular complexity index is 602. The quantitative estimate of drug-likeness (QED) is 0.775. The highest BCUT2D eigenvalue weighted by Gasteiger charge is 2.21. The van der Waals surface area contributed by atoms with Gasteiger partial charge in [0.15, 0.2) is 0 Å². The van der Waals surface area contributed by atoms with E-state index in [2.05, 4.69) is 4.98 Å². The minimum atomic E-state index is -0.742. The lowest BCUT2D eigenvalue weighted by Gasteiger charge is -2.19. The molecule has 0 spiro atoms. The maximum atomic E-state index is 11.6. The first-order valence-electron chi connectivity index (χ1n) is 6.34. The van der Waals surface area contributed by atoms with Gasteiger partial charge in [-0.05, 0) is 19.1 Å². The van der Waals surface area contributed by atoms with E-state index in [0.29, 0.717) is 22.2 Å². The van der Waals surface area contributed by atoms with E-state index in [9.17, 15) is 4.79 Å². The molecule has 1 atom stereocenters. The first kappa shape index (κ1) is 15.7. The van der Waals surface area contributed by atoms with Gasteiger partial charge in [-0.1, -0.05) is 29.3 Å². The number of hydrogen-bond donors (Lipinski definition) is 0. The van der Waals surface area contributed by atoms with Crippen LogP contribution in [0.15, 0.2) is 36.9 Å². The topological polar surface area (TPSA) is 53.4 Å². The number of aromatic nitrogens is 2. The highest BCUT2D eigenvalue weighted by atomic mass is 35.5. The highest BCUT2D eigenvalue weighted by molar-refractivity contribution is 6.35. The molecule has 2 rings (SSSR count). The average molecular weight is 329 g/mol. The second-order valence-corrected chi connectivity index (χ2v) is 5.06. The van der Waals surface area contributed by atoms with Crippen LogP contribution in [0.5, 0.6) is 0 Å². The summed E-state index contributed by atoms with van der Waals surface area (Å²) < 4.78 is 11.9. The molecule has 1 aromatic carbocycles. The van der Waals surface area contributed by atoms with Crippen LogP contribution < -0.4 is 0 Å². The molecule has 1 unspecified atom stereocenters. The van der Waals surface area contributed by atoms with Crippen LogP contribution in [0, 0.1) is 0 Å². The summed E-state index contributed by atoms with van der Waals surface area (Å²) in [5.74, 6) is 0. The van der Waals surface area contributed by atoms with E-state index < -0.39 is 12.3 Å². The highest BCUT2D eigenvalue weighted by Crippen LogP contribution is 2.30. The first-order valence-corrected chi connectivity index (χ1v) is 7.10. The number of ether oxygens (including phenoxy) is 2. The number of hydrogen-bond acceptors (Lipinski definition) is 4. The fourth-order valence-corrected chi connectivity index (χ4v) is 2.35. The molecule has 7 heteroatoms. The zero-order valence-corrected chi connectivity index (χ0v) is 12.8. The van der Waals surface area contributed by atoms with Crippen molar-refractivity contribution in [1.82, 2.24) is 9.55 Å². The molecule has 0 N–H and O–H groups in total. The lowest BCUT2D eigenvalue weighted by molar-refractivity contribution is 0.0197. The third-order valence-electron chi connectivity index (χ3n) is 2.75. The third kappa shape index (κ3) is 4.37. The minimum absolute atomic E-state index is 0.241. The van der Waals surface area contributed by atoms with Crippen LogP contribution in [-0.2, 0) is 16.0 Å². The summed E-state index contributed by atoms with van der Waals surface area (Å²) in [6.45, 7) is 2.33. The fourth-order valence-electron chi connectivity index (χ4n) is 1.82. The second-order valence-electron chi connectivity index (χ2n) is 4.21. The number of carbonyl (C=O) groups excluding carboxylic acids is 1. The largest absolute Gasteiger partial charge is 0.508 e. The van der Waals surface area contributed by atoms with Crippen molar-refractivity contribution in [2.75, 3.05) is 6.61 Å². The molecule has 112 valence electrons. The van der Waals surface area contributed by atoms with Crippen LogP contribution in [0.2, 0.25) is 10.0 Å². The van der Waals surface area contributed by atoms with Crippen molar-refractivity contribution in [2.45, 2.75) is 19.6 Å². The molecule has 5 nitrogen and oxygen atoms in total. The molecule has 0 aliphatic rings. The maximum Gasteiger partial charge on any atom is 0.508 e. The molecule has 0 amide bonds.